The van der Waals surface area contributed by atoms with Crippen LogP contribution in [0.4, 0.5) is 18.9 Å². The van der Waals surface area contributed by atoms with Crippen LogP contribution in [0, 0.1) is 0 Å². The Bertz CT molecular complexity index is 1830. The van der Waals surface area contributed by atoms with E-state index >= 15 is 0 Å². The molecule has 2 heterocycles. The van der Waals surface area contributed by atoms with Crippen LogP contribution in [0.25, 0.3) is 5.69 Å². The molecule has 0 saturated carbocycles. The fraction of sp³-hybridized carbons (Fsp3) is 0.241. The van der Waals surface area contributed by atoms with Gasteiger partial charge in [0.25, 0.3) is 5.91 Å². The lowest BCUT2D eigenvalue weighted by Gasteiger charge is -2.26. The molecule has 3 aromatic carbocycles. The topological polar surface area (TPSA) is 136 Å². The quantitative estimate of drug-likeness (QED) is 0.230. The molecule has 17 heteroatoms. The summed E-state index contributed by atoms with van der Waals surface area (Å²) in [4.78, 5) is 25.7. The first kappa shape index (κ1) is 33.4. The van der Waals surface area contributed by atoms with Crippen molar-refractivity contribution in [3.63, 3.8) is 0 Å². The first-order chi connectivity index (χ1) is 21.9. The van der Waals surface area contributed by atoms with Crippen molar-refractivity contribution in [1.29, 1.82) is 0 Å². The predicted octanol–water partition coefficient (Wildman–Crippen LogP) is 4.62. The highest BCUT2D eigenvalue weighted by molar-refractivity contribution is 7.99. The van der Waals surface area contributed by atoms with E-state index in [1.807, 2.05) is 0 Å². The van der Waals surface area contributed by atoms with E-state index in [0.717, 1.165) is 23.9 Å². The van der Waals surface area contributed by atoms with Crippen molar-refractivity contribution in [2.45, 2.75) is 22.8 Å². The van der Waals surface area contributed by atoms with Crippen LogP contribution < -0.4 is 10.6 Å². The lowest BCUT2D eigenvalue weighted by atomic mass is 10.1. The number of sulfonamides is 1. The lowest BCUT2D eigenvalue weighted by Crippen LogP contribution is -2.40. The zero-order valence-corrected chi connectivity index (χ0v) is 26.2. The number of halogens is 4. The van der Waals surface area contributed by atoms with Crippen LogP contribution in [0.5, 0.6) is 0 Å². The minimum atomic E-state index is -4.65. The Kier molecular flexibility index (Phi) is 10.3. The summed E-state index contributed by atoms with van der Waals surface area (Å²) in [6, 6.07) is 16.8. The van der Waals surface area contributed by atoms with E-state index in [1.54, 1.807) is 28.8 Å². The average Bonchev–Trinajstić information content (AvgIpc) is 3.45. The molecule has 46 heavy (non-hydrogen) atoms. The molecule has 0 unspecified atom stereocenters. The van der Waals surface area contributed by atoms with Gasteiger partial charge in [-0.15, -0.1) is 10.2 Å². The zero-order valence-electron chi connectivity index (χ0n) is 23.8. The fourth-order valence-corrected chi connectivity index (χ4v) is 6.88. The standard InChI is InChI=1S/C29H26ClF3N6O5S2/c30-20-4-3-5-21(16-20)39-25(36-37-28(39)45-18-26(40)35-24-7-2-1-6-23(24)29(31,32)33)17-34-27(41)19-8-10-22(11-9-19)46(42,43)38-12-14-44-15-13-38/h1-11,16H,12-15,17-18H2,(H,34,41)(H,35,40). The van der Waals surface area contributed by atoms with E-state index in [9.17, 15) is 31.2 Å². The number of alkyl halides is 3. The third kappa shape index (κ3) is 7.87. The van der Waals surface area contributed by atoms with Crippen molar-refractivity contribution in [2.75, 3.05) is 37.4 Å². The van der Waals surface area contributed by atoms with Gasteiger partial charge in [0.05, 0.1) is 47.3 Å². The molecule has 2 N–H and O–H groups in total. The summed E-state index contributed by atoms with van der Waals surface area (Å²) < 4.78 is 73.9. The number of hydrogen-bond acceptors (Lipinski definition) is 8. The number of anilines is 1. The van der Waals surface area contributed by atoms with Gasteiger partial charge in [-0.3, -0.25) is 14.2 Å². The molecule has 2 amide bonds. The van der Waals surface area contributed by atoms with Crippen LogP contribution in [0.2, 0.25) is 5.02 Å². The Morgan fingerprint density at radius 3 is 2.39 bits per heavy atom. The molecule has 1 aliphatic rings. The minimum Gasteiger partial charge on any atom is -0.379 e. The fourth-order valence-electron chi connectivity index (χ4n) is 4.51. The monoisotopic (exact) mass is 694 g/mol. The van der Waals surface area contributed by atoms with Gasteiger partial charge in [-0.05, 0) is 54.6 Å². The van der Waals surface area contributed by atoms with Gasteiger partial charge in [0, 0.05) is 23.7 Å². The van der Waals surface area contributed by atoms with Gasteiger partial charge < -0.3 is 15.4 Å². The van der Waals surface area contributed by atoms with E-state index in [4.69, 9.17) is 16.3 Å². The van der Waals surface area contributed by atoms with Crippen molar-refractivity contribution < 1.29 is 35.9 Å². The number of benzene rings is 3. The van der Waals surface area contributed by atoms with Crippen LogP contribution in [0.1, 0.15) is 21.7 Å². The van der Waals surface area contributed by atoms with Crippen LogP contribution in [0.3, 0.4) is 0 Å². The van der Waals surface area contributed by atoms with Gasteiger partial charge in [-0.1, -0.05) is 41.6 Å². The molecule has 5 rings (SSSR count). The molecule has 4 aromatic rings. The molecule has 0 radical (unpaired) electrons. The molecule has 1 aromatic heterocycles. The first-order valence-electron chi connectivity index (χ1n) is 13.7. The van der Waals surface area contributed by atoms with E-state index in [1.165, 1.54) is 40.7 Å². The molecular formula is C29H26ClF3N6O5S2. The summed E-state index contributed by atoms with van der Waals surface area (Å²) in [6.45, 7) is 0.994. The van der Waals surface area contributed by atoms with Gasteiger partial charge >= 0.3 is 6.18 Å². The molecule has 1 aliphatic heterocycles. The summed E-state index contributed by atoms with van der Waals surface area (Å²) in [5, 5.41) is 13.9. The SMILES string of the molecule is O=C(CSc1nnc(CNC(=O)c2ccc(S(=O)(=O)N3CCOCC3)cc2)n1-c1cccc(Cl)c1)Nc1ccccc1C(F)(F)F. The van der Waals surface area contributed by atoms with Crippen molar-refractivity contribution in [3.05, 3.63) is 94.8 Å². The Balaban J connectivity index is 1.29. The molecule has 242 valence electrons. The minimum absolute atomic E-state index is 0.0549. The molecule has 0 atom stereocenters. The normalized spacial score (nSPS) is 14.2. The number of para-hydroxylation sites is 1. The maximum absolute atomic E-state index is 13.4. The number of thioether (sulfide) groups is 1. The summed E-state index contributed by atoms with van der Waals surface area (Å²) in [6.07, 6.45) is -4.65. The highest BCUT2D eigenvalue weighted by atomic mass is 35.5. The van der Waals surface area contributed by atoms with E-state index < -0.39 is 33.6 Å². The number of nitrogens with zero attached hydrogens (tertiary/aromatic N) is 4. The summed E-state index contributed by atoms with van der Waals surface area (Å²) >= 11 is 7.13. The van der Waals surface area contributed by atoms with Crippen LogP contribution in [-0.2, 0) is 32.3 Å². The number of aromatic nitrogens is 3. The molecule has 11 nitrogen and oxygen atoms in total. The van der Waals surface area contributed by atoms with Gasteiger partial charge in [0.2, 0.25) is 15.9 Å². The zero-order chi connectivity index (χ0) is 32.9. The van der Waals surface area contributed by atoms with E-state index in [2.05, 4.69) is 20.8 Å². The number of rotatable bonds is 10. The number of morpholine rings is 1. The number of hydrogen-bond donors (Lipinski definition) is 2. The van der Waals surface area contributed by atoms with Crippen LogP contribution >= 0.6 is 23.4 Å². The second kappa shape index (κ2) is 14.2. The maximum atomic E-state index is 13.4. The third-order valence-electron chi connectivity index (χ3n) is 6.74. The van der Waals surface area contributed by atoms with Crippen molar-refractivity contribution in [1.82, 2.24) is 24.4 Å². The lowest BCUT2D eigenvalue weighted by molar-refractivity contribution is -0.137. The Hall–Kier alpha value is -3.96. The smallest absolute Gasteiger partial charge is 0.379 e. The van der Waals surface area contributed by atoms with E-state index in [-0.39, 0.29) is 52.5 Å². The van der Waals surface area contributed by atoms with Crippen LogP contribution in [-0.4, -0.2) is 71.4 Å². The van der Waals surface area contributed by atoms with Gasteiger partial charge in [0.15, 0.2) is 11.0 Å². The number of nitrogens with one attached hydrogen (secondary N) is 2. The van der Waals surface area contributed by atoms with Crippen molar-refractivity contribution in [3.8, 4) is 5.69 Å². The maximum Gasteiger partial charge on any atom is 0.418 e. The molecule has 1 saturated heterocycles. The van der Waals surface area contributed by atoms with Crippen molar-refractivity contribution in [2.24, 2.45) is 0 Å². The first-order valence-corrected chi connectivity index (χ1v) is 16.5. The summed E-state index contributed by atoms with van der Waals surface area (Å²) in [5.74, 6) is -1.23. The van der Waals surface area contributed by atoms with Gasteiger partial charge in [-0.2, -0.15) is 17.5 Å². The number of amides is 2. The predicted molar refractivity (Wildman–Crippen MR) is 164 cm³/mol. The Morgan fingerprint density at radius 1 is 0.978 bits per heavy atom. The second-order valence-electron chi connectivity index (χ2n) is 9.82. The number of carbonyl (C=O) groups excluding carboxylic acids is 2. The summed E-state index contributed by atoms with van der Waals surface area (Å²) in [7, 11) is -3.73. The molecule has 1 fully saturated rings. The Morgan fingerprint density at radius 2 is 1.70 bits per heavy atom. The average molecular weight is 695 g/mol. The molecule has 0 spiro atoms. The van der Waals surface area contributed by atoms with Crippen molar-refractivity contribution >= 4 is 50.9 Å². The van der Waals surface area contributed by atoms with Gasteiger partial charge in [-0.25, -0.2) is 8.42 Å². The number of carbonyl (C=O) groups is 2. The molecular weight excluding hydrogens is 669 g/mol. The highest BCUT2D eigenvalue weighted by Crippen LogP contribution is 2.34. The molecule has 0 aliphatic carbocycles. The molecule has 0 bridgehead atoms. The summed E-state index contributed by atoms with van der Waals surface area (Å²) in [5.41, 5.74) is -0.612. The number of ether oxygens (including phenoxy) is 1. The van der Waals surface area contributed by atoms with Gasteiger partial charge in [0.1, 0.15) is 0 Å². The third-order valence-corrected chi connectivity index (χ3v) is 9.81. The second-order valence-corrected chi connectivity index (χ2v) is 13.1. The van der Waals surface area contributed by atoms with Crippen LogP contribution in [0.15, 0.2) is 82.8 Å². The Labute approximate surface area is 271 Å². The largest absolute Gasteiger partial charge is 0.418 e. The van der Waals surface area contributed by atoms with E-state index in [0.29, 0.717) is 23.9 Å². The highest BCUT2D eigenvalue weighted by Gasteiger charge is 2.33.